The molecule has 1 nitrogen and oxygen atoms in total. The SMILES string of the molecule is CC=CC(C)(Cc1ccc(C)cc1)C1(C)C=CC(OC(/C=C\CC)=C/CC)=CC1. The van der Waals surface area contributed by atoms with Gasteiger partial charge in [0.2, 0.25) is 0 Å². The maximum atomic E-state index is 6.16. The highest BCUT2D eigenvalue weighted by molar-refractivity contribution is 5.31. The van der Waals surface area contributed by atoms with Gasteiger partial charge < -0.3 is 4.74 Å². The smallest absolute Gasteiger partial charge is 0.123 e. The Morgan fingerprint density at radius 3 is 2.45 bits per heavy atom. The average molecular weight is 391 g/mol. The molecule has 2 atom stereocenters. The fourth-order valence-electron chi connectivity index (χ4n) is 3.88. The van der Waals surface area contributed by atoms with Gasteiger partial charge in [0.1, 0.15) is 11.5 Å². The highest BCUT2D eigenvalue weighted by Gasteiger charge is 2.41. The van der Waals surface area contributed by atoms with Crippen LogP contribution in [0.3, 0.4) is 0 Å². The van der Waals surface area contributed by atoms with E-state index in [2.05, 4.69) is 114 Å². The number of hydrogen-bond donors (Lipinski definition) is 0. The van der Waals surface area contributed by atoms with Crippen molar-refractivity contribution in [1.82, 2.24) is 0 Å². The van der Waals surface area contributed by atoms with E-state index in [9.17, 15) is 0 Å². The van der Waals surface area contributed by atoms with Gasteiger partial charge in [-0.2, -0.15) is 0 Å². The third-order valence-corrected chi connectivity index (χ3v) is 6.03. The summed E-state index contributed by atoms with van der Waals surface area (Å²) < 4.78 is 6.16. The van der Waals surface area contributed by atoms with Crippen LogP contribution in [0.5, 0.6) is 0 Å². The molecule has 1 aliphatic rings. The van der Waals surface area contributed by atoms with E-state index in [1.54, 1.807) is 0 Å². The molecular weight excluding hydrogens is 352 g/mol. The number of ether oxygens (including phenoxy) is 1. The minimum absolute atomic E-state index is 0.0275. The van der Waals surface area contributed by atoms with Crippen molar-refractivity contribution in [1.29, 1.82) is 0 Å². The summed E-state index contributed by atoms with van der Waals surface area (Å²) in [4.78, 5) is 0. The van der Waals surface area contributed by atoms with Crippen LogP contribution in [0.2, 0.25) is 0 Å². The molecule has 1 aromatic rings. The summed E-state index contributed by atoms with van der Waals surface area (Å²) >= 11 is 0. The van der Waals surface area contributed by atoms with Crippen LogP contribution in [0.25, 0.3) is 0 Å². The molecule has 0 bridgehead atoms. The zero-order valence-corrected chi connectivity index (χ0v) is 19.2. The predicted molar refractivity (Wildman–Crippen MR) is 127 cm³/mol. The Labute approximate surface area is 178 Å². The normalized spacial score (nSPS) is 22.1. The number of rotatable bonds is 9. The van der Waals surface area contributed by atoms with E-state index in [1.807, 2.05) is 0 Å². The summed E-state index contributed by atoms with van der Waals surface area (Å²) in [6.07, 6.45) is 21.6. The molecule has 0 spiro atoms. The van der Waals surface area contributed by atoms with Gasteiger partial charge in [0, 0.05) is 0 Å². The quantitative estimate of drug-likeness (QED) is 0.234. The number of benzene rings is 1. The molecule has 156 valence electrons. The van der Waals surface area contributed by atoms with Gasteiger partial charge in [0.05, 0.1) is 0 Å². The Bertz CT molecular complexity index is 803. The summed E-state index contributed by atoms with van der Waals surface area (Å²) in [6.45, 7) is 13.3. The summed E-state index contributed by atoms with van der Waals surface area (Å²) in [5.74, 6) is 1.88. The van der Waals surface area contributed by atoms with Gasteiger partial charge in [0.25, 0.3) is 0 Å². The van der Waals surface area contributed by atoms with E-state index < -0.39 is 0 Å². The molecule has 0 radical (unpaired) electrons. The molecule has 0 aromatic heterocycles. The second-order valence-electron chi connectivity index (χ2n) is 8.57. The van der Waals surface area contributed by atoms with Crippen molar-refractivity contribution < 1.29 is 4.74 Å². The highest BCUT2D eigenvalue weighted by Crippen LogP contribution is 2.49. The van der Waals surface area contributed by atoms with Crippen molar-refractivity contribution in [2.75, 3.05) is 0 Å². The second kappa shape index (κ2) is 10.5. The number of allylic oxidation sites excluding steroid dienone is 8. The van der Waals surface area contributed by atoms with Gasteiger partial charge in [-0.25, -0.2) is 0 Å². The molecule has 0 amide bonds. The zero-order valence-electron chi connectivity index (χ0n) is 19.2. The van der Waals surface area contributed by atoms with Gasteiger partial charge >= 0.3 is 0 Å². The van der Waals surface area contributed by atoms with E-state index in [1.165, 1.54) is 11.1 Å². The monoisotopic (exact) mass is 390 g/mol. The van der Waals surface area contributed by atoms with Crippen LogP contribution < -0.4 is 0 Å². The van der Waals surface area contributed by atoms with Crippen LogP contribution in [0.1, 0.15) is 65.0 Å². The third-order valence-electron chi connectivity index (χ3n) is 6.03. The lowest BCUT2D eigenvalue weighted by Crippen LogP contribution is -2.37. The lowest BCUT2D eigenvalue weighted by molar-refractivity contribution is 0.176. The lowest BCUT2D eigenvalue weighted by atomic mass is 9.60. The zero-order chi connectivity index (χ0) is 21.3. The molecule has 0 N–H and O–H groups in total. The van der Waals surface area contributed by atoms with E-state index in [0.29, 0.717) is 0 Å². The Kier molecular flexibility index (Phi) is 8.32. The molecule has 0 fully saturated rings. The van der Waals surface area contributed by atoms with Crippen LogP contribution in [0, 0.1) is 17.8 Å². The van der Waals surface area contributed by atoms with E-state index >= 15 is 0 Å². The third kappa shape index (κ3) is 6.10. The predicted octanol–water partition coefficient (Wildman–Crippen LogP) is 8.25. The summed E-state index contributed by atoms with van der Waals surface area (Å²) in [7, 11) is 0. The van der Waals surface area contributed by atoms with Crippen LogP contribution >= 0.6 is 0 Å². The Hall–Kier alpha value is -2.28. The second-order valence-corrected chi connectivity index (χ2v) is 8.57. The Balaban J connectivity index is 2.20. The molecule has 2 rings (SSSR count). The van der Waals surface area contributed by atoms with Crippen molar-refractivity contribution in [2.24, 2.45) is 10.8 Å². The largest absolute Gasteiger partial charge is 0.458 e. The Morgan fingerprint density at radius 2 is 1.90 bits per heavy atom. The first-order valence-corrected chi connectivity index (χ1v) is 11.0. The van der Waals surface area contributed by atoms with E-state index in [-0.39, 0.29) is 10.8 Å². The first-order chi connectivity index (χ1) is 13.9. The minimum atomic E-state index is 0.0275. The maximum Gasteiger partial charge on any atom is 0.123 e. The fourth-order valence-corrected chi connectivity index (χ4v) is 3.88. The van der Waals surface area contributed by atoms with Crippen molar-refractivity contribution in [3.05, 3.63) is 95.5 Å². The molecule has 1 aliphatic carbocycles. The van der Waals surface area contributed by atoms with Gasteiger partial charge in [-0.05, 0) is 80.2 Å². The molecular formula is C28H38O. The topological polar surface area (TPSA) is 9.23 Å². The summed E-state index contributed by atoms with van der Waals surface area (Å²) in [6, 6.07) is 8.95. The van der Waals surface area contributed by atoms with Gasteiger partial charge in [-0.15, -0.1) is 0 Å². The average Bonchev–Trinajstić information content (AvgIpc) is 2.70. The molecule has 1 aromatic carbocycles. The molecule has 2 unspecified atom stereocenters. The first kappa shape index (κ1) is 23.0. The standard InChI is InChI=1S/C28H38O/c1-7-10-12-25(11-8-2)29-26-17-20-27(5,21-18-26)28(6,19-9-3)22-24-15-13-23(4)14-16-24/h9-20H,7-8,21-22H2,1-6H3/b12-10-,19-9?,25-11+. The fraction of sp³-hybridized carbons (Fsp3) is 0.429. The summed E-state index contributed by atoms with van der Waals surface area (Å²) in [5, 5.41) is 0. The maximum absolute atomic E-state index is 6.16. The van der Waals surface area contributed by atoms with Crippen LogP contribution in [0.4, 0.5) is 0 Å². The molecule has 0 saturated heterocycles. The molecule has 1 heteroatoms. The van der Waals surface area contributed by atoms with Gasteiger partial charge in [-0.1, -0.05) is 81.8 Å². The van der Waals surface area contributed by atoms with E-state index in [0.717, 1.165) is 37.2 Å². The van der Waals surface area contributed by atoms with Crippen LogP contribution in [-0.4, -0.2) is 0 Å². The van der Waals surface area contributed by atoms with Crippen molar-refractivity contribution in [3.63, 3.8) is 0 Å². The van der Waals surface area contributed by atoms with Gasteiger partial charge in [0.15, 0.2) is 0 Å². The van der Waals surface area contributed by atoms with Crippen LogP contribution in [0.15, 0.2) is 84.4 Å². The first-order valence-electron chi connectivity index (χ1n) is 11.0. The van der Waals surface area contributed by atoms with Gasteiger partial charge in [-0.3, -0.25) is 0 Å². The minimum Gasteiger partial charge on any atom is -0.458 e. The van der Waals surface area contributed by atoms with Crippen molar-refractivity contribution in [2.45, 2.75) is 67.2 Å². The molecule has 0 heterocycles. The molecule has 29 heavy (non-hydrogen) atoms. The van der Waals surface area contributed by atoms with E-state index in [4.69, 9.17) is 4.74 Å². The molecule has 0 aliphatic heterocycles. The lowest BCUT2D eigenvalue weighted by Gasteiger charge is -2.44. The summed E-state index contributed by atoms with van der Waals surface area (Å²) in [5.41, 5.74) is 2.75. The van der Waals surface area contributed by atoms with Crippen molar-refractivity contribution >= 4 is 0 Å². The number of hydrogen-bond acceptors (Lipinski definition) is 1. The molecule has 0 saturated carbocycles. The van der Waals surface area contributed by atoms with Crippen LogP contribution in [-0.2, 0) is 11.2 Å². The van der Waals surface area contributed by atoms with Crippen molar-refractivity contribution in [3.8, 4) is 0 Å². The number of aryl methyl sites for hydroxylation is 1. The Morgan fingerprint density at radius 1 is 1.17 bits per heavy atom. The highest BCUT2D eigenvalue weighted by atomic mass is 16.5.